The normalized spacial score (nSPS) is 12.5. The molecule has 0 aromatic heterocycles. The molecule has 6 nitrogen and oxygen atoms in total. The molecule has 7 heteroatoms. The fourth-order valence-corrected chi connectivity index (χ4v) is 3.82. The molecule has 2 N–H and O–H groups in total. The zero-order valence-corrected chi connectivity index (χ0v) is 20.4. The number of hydrogen-bond acceptors (Lipinski definition) is 5. The topological polar surface area (TPSA) is 76.7 Å². The molecule has 0 heterocycles. The Bertz CT molecular complexity index is 886. The van der Waals surface area contributed by atoms with Crippen molar-refractivity contribution in [1.29, 1.82) is 0 Å². The van der Waals surface area contributed by atoms with Gasteiger partial charge in [-0.1, -0.05) is 19.9 Å². The van der Waals surface area contributed by atoms with Gasteiger partial charge in [-0.2, -0.15) is 0 Å². The van der Waals surface area contributed by atoms with Crippen molar-refractivity contribution >= 4 is 29.3 Å². The Kier molecular flexibility index (Phi) is 10.4. The molecular weight excluding hydrogens is 424 g/mol. The Labute approximate surface area is 195 Å². The highest BCUT2D eigenvalue weighted by Gasteiger charge is 2.19. The average molecular weight is 459 g/mol. The summed E-state index contributed by atoms with van der Waals surface area (Å²) in [7, 11) is 0. The molecule has 0 aliphatic rings. The molecule has 2 atom stereocenters. The second-order valence-electron chi connectivity index (χ2n) is 7.60. The van der Waals surface area contributed by atoms with Gasteiger partial charge in [0.2, 0.25) is 11.8 Å². The molecule has 0 fully saturated rings. The molecule has 0 radical (unpaired) electrons. The van der Waals surface area contributed by atoms with Gasteiger partial charge in [-0.05, 0) is 68.7 Å². The van der Waals surface area contributed by atoms with E-state index in [2.05, 4.69) is 24.5 Å². The van der Waals surface area contributed by atoms with Crippen LogP contribution in [0.15, 0.2) is 47.4 Å². The lowest BCUT2D eigenvalue weighted by Gasteiger charge is -2.20. The number of carbonyl (C=O) groups excluding carboxylic acids is 2. The van der Waals surface area contributed by atoms with Crippen molar-refractivity contribution in [1.82, 2.24) is 5.32 Å². The maximum absolute atomic E-state index is 12.8. The Morgan fingerprint density at radius 2 is 1.56 bits per heavy atom. The molecular formula is C25H34N2O4S. The smallest absolute Gasteiger partial charge is 0.233 e. The molecule has 2 unspecified atom stereocenters. The highest BCUT2D eigenvalue weighted by atomic mass is 32.2. The predicted molar refractivity (Wildman–Crippen MR) is 131 cm³/mol. The van der Waals surface area contributed by atoms with E-state index in [1.807, 2.05) is 56.3 Å². The maximum atomic E-state index is 12.8. The van der Waals surface area contributed by atoms with E-state index in [9.17, 15) is 9.59 Å². The van der Waals surface area contributed by atoms with Gasteiger partial charge in [-0.15, -0.1) is 11.8 Å². The molecule has 0 bridgehead atoms. The summed E-state index contributed by atoms with van der Waals surface area (Å²) in [5, 5.41) is 5.55. The van der Waals surface area contributed by atoms with Gasteiger partial charge in [-0.3, -0.25) is 9.59 Å². The van der Waals surface area contributed by atoms with Crippen molar-refractivity contribution in [2.45, 2.75) is 63.6 Å². The summed E-state index contributed by atoms with van der Waals surface area (Å²) in [6, 6.07) is 13.1. The average Bonchev–Trinajstić information content (AvgIpc) is 2.77. The van der Waals surface area contributed by atoms with Gasteiger partial charge in [0.1, 0.15) is 0 Å². The largest absolute Gasteiger partial charge is 0.490 e. The van der Waals surface area contributed by atoms with Crippen LogP contribution in [0, 0.1) is 0 Å². The minimum Gasteiger partial charge on any atom is -0.490 e. The third-order valence-electron chi connectivity index (χ3n) is 4.61. The lowest BCUT2D eigenvalue weighted by Crippen LogP contribution is -2.33. The Morgan fingerprint density at radius 1 is 0.938 bits per heavy atom. The van der Waals surface area contributed by atoms with Gasteiger partial charge in [0, 0.05) is 17.5 Å². The highest BCUT2D eigenvalue weighted by Crippen LogP contribution is 2.31. The first-order chi connectivity index (χ1) is 15.3. The van der Waals surface area contributed by atoms with Crippen LogP contribution in [-0.2, 0) is 9.59 Å². The van der Waals surface area contributed by atoms with Gasteiger partial charge >= 0.3 is 0 Å². The second-order valence-corrected chi connectivity index (χ2v) is 9.01. The molecule has 0 saturated heterocycles. The highest BCUT2D eigenvalue weighted by molar-refractivity contribution is 8.00. The van der Waals surface area contributed by atoms with E-state index in [4.69, 9.17) is 9.47 Å². The number of rotatable bonds is 12. The van der Waals surface area contributed by atoms with Crippen molar-refractivity contribution in [3.8, 4) is 11.5 Å². The standard InChI is InChI=1S/C25H34N2O4S/c1-6-14-30-23-13-8-20(16-24(23)31-15-7-2)17(3)26-25(29)18(4)32-22-11-9-21(10-12-22)27-19(5)28/h8-13,16-18H,6-7,14-15H2,1-5H3,(H,26,29)(H,27,28). The van der Waals surface area contributed by atoms with E-state index in [-0.39, 0.29) is 23.1 Å². The molecule has 32 heavy (non-hydrogen) atoms. The first-order valence-electron chi connectivity index (χ1n) is 11.1. The number of ether oxygens (including phenoxy) is 2. The van der Waals surface area contributed by atoms with E-state index in [1.165, 1.54) is 18.7 Å². The Morgan fingerprint density at radius 3 is 2.16 bits per heavy atom. The third kappa shape index (κ3) is 8.11. The number of thioether (sulfide) groups is 1. The summed E-state index contributed by atoms with van der Waals surface area (Å²) in [4.78, 5) is 24.9. The molecule has 0 saturated carbocycles. The fourth-order valence-electron chi connectivity index (χ4n) is 2.94. The van der Waals surface area contributed by atoms with Crippen molar-refractivity contribution in [2.24, 2.45) is 0 Å². The van der Waals surface area contributed by atoms with Crippen LogP contribution in [0.2, 0.25) is 0 Å². The van der Waals surface area contributed by atoms with Gasteiger partial charge in [0.15, 0.2) is 11.5 Å². The minimum absolute atomic E-state index is 0.0456. The maximum Gasteiger partial charge on any atom is 0.233 e. The van der Waals surface area contributed by atoms with Crippen LogP contribution in [0.3, 0.4) is 0 Å². The van der Waals surface area contributed by atoms with Crippen molar-refractivity contribution in [3.63, 3.8) is 0 Å². The Hall–Kier alpha value is -2.67. The minimum atomic E-state index is -0.271. The van der Waals surface area contributed by atoms with E-state index < -0.39 is 0 Å². The van der Waals surface area contributed by atoms with Gasteiger partial charge in [0.25, 0.3) is 0 Å². The predicted octanol–water partition coefficient (Wildman–Crippen LogP) is 5.58. The fraction of sp³-hybridized carbons (Fsp3) is 0.440. The molecule has 2 amide bonds. The molecule has 0 aliphatic heterocycles. The summed E-state index contributed by atoms with van der Waals surface area (Å²) in [6.45, 7) is 10.7. The first kappa shape index (κ1) is 25.6. The molecule has 0 spiro atoms. The molecule has 174 valence electrons. The number of benzene rings is 2. The van der Waals surface area contributed by atoms with Crippen LogP contribution in [0.1, 0.15) is 59.1 Å². The first-order valence-corrected chi connectivity index (χ1v) is 12.0. The van der Waals surface area contributed by atoms with Crippen LogP contribution in [-0.4, -0.2) is 30.3 Å². The SMILES string of the molecule is CCCOc1ccc(C(C)NC(=O)C(C)Sc2ccc(NC(C)=O)cc2)cc1OCCC. The lowest BCUT2D eigenvalue weighted by atomic mass is 10.1. The summed E-state index contributed by atoms with van der Waals surface area (Å²) in [5.41, 5.74) is 1.70. The zero-order valence-electron chi connectivity index (χ0n) is 19.6. The summed E-state index contributed by atoms with van der Waals surface area (Å²) in [5.74, 6) is 1.28. The number of carbonyl (C=O) groups is 2. The van der Waals surface area contributed by atoms with E-state index in [0.29, 0.717) is 19.0 Å². The van der Waals surface area contributed by atoms with E-state index >= 15 is 0 Å². The van der Waals surface area contributed by atoms with Crippen LogP contribution >= 0.6 is 11.8 Å². The Balaban J connectivity index is 1.99. The van der Waals surface area contributed by atoms with Crippen molar-refractivity contribution in [3.05, 3.63) is 48.0 Å². The second kappa shape index (κ2) is 13.0. The lowest BCUT2D eigenvalue weighted by molar-refractivity contribution is -0.121. The number of hydrogen-bond donors (Lipinski definition) is 2. The monoisotopic (exact) mass is 458 g/mol. The van der Waals surface area contributed by atoms with Crippen LogP contribution in [0.25, 0.3) is 0 Å². The molecule has 0 aliphatic carbocycles. The summed E-state index contributed by atoms with van der Waals surface area (Å²) >= 11 is 1.47. The number of nitrogens with one attached hydrogen (secondary N) is 2. The van der Waals surface area contributed by atoms with E-state index in [0.717, 1.165) is 34.7 Å². The van der Waals surface area contributed by atoms with Crippen molar-refractivity contribution in [2.75, 3.05) is 18.5 Å². The quantitative estimate of drug-likeness (QED) is 0.406. The van der Waals surface area contributed by atoms with Gasteiger partial charge < -0.3 is 20.1 Å². The molecule has 2 aromatic carbocycles. The summed E-state index contributed by atoms with van der Waals surface area (Å²) < 4.78 is 11.7. The molecule has 2 aromatic rings. The van der Waals surface area contributed by atoms with Crippen molar-refractivity contribution < 1.29 is 19.1 Å². The van der Waals surface area contributed by atoms with Crippen LogP contribution < -0.4 is 20.1 Å². The van der Waals surface area contributed by atoms with Gasteiger partial charge in [0.05, 0.1) is 24.5 Å². The molecule has 2 rings (SSSR count). The summed E-state index contributed by atoms with van der Waals surface area (Å²) in [6.07, 6.45) is 1.83. The number of amides is 2. The van der Waals surface area contributed by atoms with Gasteiger partial charge in [-0.25, -0.2) is 0 Å². The van der Waals surface area contributed by atoms with Crippen LogP contribution in [0.4, 0.5) is 5.69 Å². The van der Waals surface area contributed by atoms with Crippen LogP contribution in [0.5, 0.6) is 11.5 Å². The number of anilines is 1. The van der Waals surface area contributed by atoms with E-state index in [1.54, 1.807) is 0 Å². The third-order valence-corrected chi connectivity index (χ3v) is 5.72. The zero-order chi connectivity index (χ0) is 23.5.